The first-order chi connectivity index (χ1) is 22.9. The Bertz CT molecular complexity index is 1900. The van der Waals surface area contributed by atoms with Crippen molar-refractivity contribution < 1.29 is 23.4 Å². The molecule has 2 aromatic carbocycles. The Hall–Kier alpha value is -4.97. The number of rotatable bonds is 12. The average Bonchev–Trinajstić information content (AvgIpc) is 3.55. The summed E-state index contributed by atoms with van der Waals surface area (Å²) in [6.07, 6.45) is 8.68. The Labute approximate surface area is 271 Å². The van der Waals surface area contributed by atoms with Crippen molar-refractivity contribution in [2.24, 2.45) is 0 Å². The summed E-state index contributed by atoms with van der Waals surface area (Å²) >= 11 is 0. The topological polar surface area (TPSA) is 123 Å². The first kappa shape index (κ1) is 32.0. The van der Waals surface area contributed by atoms with Gasteiger partial charge in [-0.05, 0) is 41.8 Å². The standard InChI is InChI=1S/C36H36FN5O5/c1-2-45-12-11-41-21-32(26-7-9-29(37)10-8-26)35(44)33(22-41)34(43)15-24-3-5-25(6-4-24)31-16-27(17-39-36(31)38)28-18-40-42(19-28)20-30-23-46-13-14-47-30/h3-10,16-19,21-22,30H,2,11-15,20,23H2,1H3,(H2,38,39)/t30-/m0/s1. The van der Waals surface area contributed by atoms with E-state index in [1.54, 1.807) is 29.4 Å². The summed E-state index contributed by atoms with van der Waals surface area (Å²) in [6.45, 7) is 5.65. The lowest BCUT2D eigenvalue weighted by molar-refractivity contribution is -0.0946. The third-order valence-corrected chi connectivity index (χ3v) is 8.02. The molecule has 6 rings (SSSR count). The van der Waals surface area contributed by atoms with Gasteiger partial charge in [0.05, 0.1) is 44.7 Å². The van der Waals surface area contributed by atoms with Gasteiger partial charge in [0.15, 0.2) is 11.2 Å². The number of ether oxygens (including phenoxy) is 3. The minimum absolute atomic E-state index is 0.0244. The van der Waals surface area contributed by atoms with Crippen molar-refractivity contribution in [1.29, 1.82) is 0 Å². The molecule has 0 unspecified atom stereocenters. The molecule has 11 heteroatoms. The molecule has 4 heterocycles. The lowest BCUT2D eigenvalue weighted by Crippen LogP contribution is -2.32. The van der Waals surface area contributed by atoms with Crippen LogP contribution in [-0.2, 0) is 33.7 Å². The molecule has 0 saturated carbocycles. The van der Waals surface area contributed by atoms with Gasteiger partial charge in [-0.1, -0.05) is 36.4 Å². The van der Waals surface area contributed by atoms with E-state index in [0.717, 1.165) is 27.8 Å². The molecule has 0 spiro atoms. The number of halogens is 1. The monoisotopic (exact) mass is 637 g/mol. The predicted octanol–water partition coefficient (Wildman–Crippen LogP) is 5.04. The van der Waals surface area contributed by atoms with Crippen LogP contribution in [0.25, 0.3) is 33.4 Å². The number of hydrogen-bond acceptors (Lipinski definition) is 8. The maximum absolute atomic E-state index is 13.6. The van der Waals surface area contributed by atoms with Crippen LogP contribution in [0.4, 0.5) is 10.2 Å². The Morgan fingerprint density at radius 3 is 2.49 bits per heavy atom. The fourth-order valence-corrected chi connectivity index (χ4v) is 5.52. The average molecular weight is 638 g/mol. The van der Waals surface area contributed by atoms with Gasteiger partial charge in [-0.2, -0.15) is 5.10 Å². The van der Waals surface area contributed by atoms with Gasteiger partial charge < -0.3 is 24.5 Å². The molecular weight excluding hydrogens is 601 g/mol. The van der Waals surface area contributed by atoms with Gasteiger partial charge in [-0.15, -0.1) is 0 Å². The van der Waals surface area contributed by atoms with Gasteiger partial charge in [-0.25, -0.2) is 9.37 Å². The Balaban J connectivity index is 1.20. The normalized spacial score (nSPS) is 14.7. The Morgan fingerprint density at radius 1 is 0.979 bits per heavy atom. The number of nitrogen functional groups attached to an aromatic ring is 1. The van der Waals surface area contributed by atoms with Crippen LogP contribution in [0, 0.1) is 5.82 Å². The van der Waals surface area contributed by atoms with Crippen LogP contribution in [0.1, 0.15) is 22.8 Å². The van der Waals surface area contributed by atoms with Gasteiger partial charge in [-0.3, -0.25) is 14.3 Å². The molecule has 1 fully saturated rings. The summed E-state index contributed by atoms with van der Waals surface area (Å²) in [5, 5.41) is 4.48. The third kappa shape index (κ3) is 7.71. The molecule has 1 aliphatic heterocycles. The lowest BCUT2D eigenvalue weighted by Gasteiger charge is -2.22. The maximum atomic E-state index is 13.6. The van der Waals surface area contributed by atoms with Crippen LogP contribution in [0.2, 0.25) is 0 Å². The van der Waals surface area contributed by atoms with Crippen molar-refractivity contribution in [1.82, 2.24) is 19.3 Å². The Morgan fingerprint density at radius 2 is 1.74 bits per heavy atom. The number of nitrogens with zero attached hydrogens (tertiary/aromatic N) is 4. The van der Waals surface area contributed by atoms with Crippen molar-refractivity contribution in [3.05, 3.63) is 113 Å². The van der Waals surface area contributed by atoms with Crippen molar-refractivity contribution in [2.45, 2.75) is 32.5 Å². The zero-order valence-electron chi connectivity index (χ0n) is 26.1. The highest BCUT2D eigenvalue weighted by Gasteiger charge is 2.18. The van der Waals surface area contributed by atoms with Crippen molar-refractivity contribution in [3.63, 3.8) is 0 Å². The van der Waals surface area contributed by atoms with Crippen molar-refractivity contribution in [2.75, 3.05) is 38.8 Å². The first-order valence-corrected chi connectivity index (χ1v) is 15.6. The second kappa shape index (κ2) is 14.6. The number of anilines is 1. The van der Waals surface area contributed by atoms with Gasteiger partial charge in [0, 0.05) is 66.6 Å². The van der Waals surface area contributed by atoms with Crippen LogP contribution in [0.3, 0.4) is 0 Å². The first-order valence-electron chi connectivity index (χ1n) is 15.6. The number of hydrogen-bond donors (Lipinski definition) is 1. The van der Waals surface area contributed by atoms with Crippen LogP contribution in [0.5, 0.6) is 0 Å². The molecule has 0 amide bonds. The van der Waals surface area contributed by atoms with Crippen LogP contribution in [0.15, 0.2) is 90.4 Å². The number of aromatic nitrogens is 4. The zero-order chi connectivity index (χ0) is 32.8. The number of nitrogens with two attached hydrogens (primary N) is 1. The molecule has 0 aliphatic carbocycles. The quantitative estimate of drug-likeness (QED) is 0.149. The zero-order valence-corrected chi connectivity index (χ0v) is 26.1. The van der Waals surface area contributed by atoms with Gasteiger partial charge >= 0.3 is 0 Å². The maximum Gasteiger partial charge on any atom is 0.200 e. The second-order valence-electron chi connectivity index (χ2n) is 11.3. The number of carbonyl (C=O) groups excluding carboxylic acids is 1. The highest BCUT2D eigenvalue weighted by molar-refractivity contribution is 5.98. The molecule has 5 aromatic rings. The van der Waals surface area contributed by atoms with Gasteiger partial charge in [0.1, 0.15) is 17.7 Å². The van der Waals surface area contributed by atoms with Gasteiger partial charge in [0.25, 0.3) is 0 Å². The lowest BCUT2D eigenvalue weighted by atomic mass is 9.97. The van der Waals surface area contributed by atoms with E-state index in [1.165, 1.54) is 24.3 Å². The summed E-state index contributed by atoms with van der Waals surface area (Å²) in [5.41, 5.74) is 10.9. The highest BCUT2D eigenvalue weighted by Crippen LogP contribution is 2.30. The number of pyridine rings is 2. The third-order valence-electron chi connectivity index (χ3n) is 8.02. The minimum Gasteiger partial charge on any atom is -0.383 e. The molecule has 1 saturated heterocycles. The van der Waals surface area contributed by atoms with E-state index in [1.807, 2.05) is 48.1 Å². The van der Waals surface area contributed by atoms with Crippen molar-refractivity contribution in [3.8, 4) is 33.4 Å². The number of carbonyl (C=O) groups is 1. The number of Topliss-reactive ketones (excluding diaryl/α,β-unsaturated/α-hetero) is 1. The predicted molar refractivity (Wildman–Crippen MR) is 176 cm³/mol. The van der Waals surface area contributed by atoms with Crippen LogP contribution in [-0.4, -0.2) is 64.3 Å². The van der Waals surface area contributed by atoms with E-state index in [4.69, 9.17) is 19.9 Å². The molecule has 1 aliphatic rings. The summed E-state index contributed by atoms with van der Waals surface area (Å²) in [5.74, 6) is -0.344. The molecule has 47 heavy (non-hydrogen) atoms. The SMILES string of the molecule is CCOCCn1cc(C(=O)Cc2ccc(-c3cc(-c4cnn(C[C@H]5COCCO5)c4)cnc3N)cc2)c(=O)c(-c2ccc(F)cc2)c1. The van der Waals surface area contributed by atoms with Crippen molar-refractivity contribution >= 4 is 11.6 Å². The van der Waals surface area contributed by atoms with E-state index < -0.39 is 11.2 Å². The molecule has 10 nitrogen and oxygen atoms in total. The molecule has 1 atom stereocenters. The molecule has 2 N–H and O–H groups in total. The summed E-state index contributed by atoms with van der Waals surface area (Å²) in [4.78, 5) is 31.5. The van der Waals surface area contributed by atoms with Crippen LogP contribution < -0.4 is 11.2 Å². The largest absolute Gasteiger partial charge is 0.383 e. The van der Waals surface area contributed by atoms with E-state index in [-0.39, 0.29) is 23.9 Å². The molecule has 0 bridgehead atoms. The minimum atomic E-state index is -0.405. The summed E-state index contributed by atoms with van der Waals surface area (Å²) in [7, 11) is 0. The molecular formula is C36H36FN5O5. The number of ketones is 1. The fourth-order valence-electron chi connectivity index (χ4n) is 5.52. The number of benzene rings is 2. The van der Waals surface area contributed by atoms with E-state index in [2.05, 4.69) is 10.1 Å². The van der Waals surface area contributed by atoms with Crippen LogP contribution >= 0.6 is 0 Å². The summed E-state index contributed by atoms with van der Waals surface area (Å²) in [6, 6.07) is 15.1. The van der Waals surface area contributed by atoms with E-state index in [0.29, 0.717) is 63.1 Å². The molecule has 3 aromatic heterocycles. The fraction of sp³-hybridized carbons (Fsp3) is 0.278. The summed E-state index contributed by atoms with van der Waals surface area (Å²) < 4.78 is 33.9. The van der Waals surface area contributed by atoms with E-state index >= 15 is 0 Å². The molecule has 242 valence electrons. The van der Waals surface area contributed by atoms with E-state index in [9.17, 15) is 14.0 Å². The smallest absolute Gasteiger partial charge is 0.200 e. The second-order valence-corrected chi connectivity index (χ2v) is 11.3. The molecule has 0 radical (unpaired) electrons. The Kier molecular flexibility index (Phi) is 9.96. The highest BCUT2D eigenvalue weighted by atomic mass is 19.1. The van der Waals surface area contributed by atoms with Gasteiger partial charge in [0.2, 0.25) is 0 Å².